The zero-order chi connectivity index (χ0) is 16.0. The van der Waals surface area contributed by atoms with E-state index in [9.17, 15) is 9.59 Å². The van der Waals surface area contributed by atoms with Crippen LogP contribution in [0.5, 0.6) is 0 Å². The summed E-state index contributed by atoms with van der Waals surface area (Å²) in [6.45, 7) is 3.16. The Morgan fingerprint density at radius 1 is 1.30 bits per heavy atom. The van der Waals surface area contributed by atoms with Gasteiger partial charge in [0.25, 0.3) is 5.56 Å². The van der Waals surface area contributed by atoms with Gasteiger partial charge >= 0.3 is 0 Å². The summed E-state index contributed by atoms with van der Waals surface area (Å²) in [5, 5.41) is 11.7. The maximum absolute atomic E-state index is 13.0. The van der Waals surface area contributed by atoms with E-state index in [0.717, 1.165) is 25.8 Å². The van der Waals surface area contributed by atoms with Crippen LogP contribution in [0, 0.1) is 6.92 Å². The third-order valence-corrected chi connectivity index (χ3v) is 4.50. The SMILES string of the molecule is Cc1nc2c(c(=O)[nH]1)CN(C(=O)C1CCCCn3nnnc31)C2. The fourth-order valence-corrected chi connectivity index (χ4v) is 3.36. The molecule has 4 heterocycles. The molecule has 0 bridgehead atoms. The lowest BCUT2D eigenvalue weighted by atomic mass is 10.0. The zero-order valence-electron chi connectivity index (χ0n) is 12.8. The van der Waals surface area contributed by atoms with Gasteiger partial charge < -0.3 is 9.88 Å². The number of nitrogens with zero attached hydrogens (tertiary/aromatic N) is 6. The Hall–Kier alpha value is -2.58. The first-order valence-corrected chi connectivity index (χ1v) is 7.77. The molecule has 0 aliphatic carbocycles. The molecule has 0 radical (unpaired) electrons. The predicted molar refractivity (Wildman–Crippen MR) is 78.3 cm³/mol. The second kappa shape index (κ2) is 5.25. The summed E-state index contributed by atoms with van der Waals surface area (Å²) in [7, 11) is 0. The van der Waals surface area contributed by atoms with Gasteiger partial charge in [-0.05, 0) is 30.2 Å². The van der Waals surface area contributed by atoms with Crippen molar-refractivity contribution in [2.24, 2.45) is 0 Å². The molecule has 0 saturated carbocycles. The summed E-state index contributed by atoms with van der Waals surface area (Å²) >= 11 is 0. The standard InChI is InChI=1S/C14H17N7O2/c1-8-15-11-7-20(6-10(11)13(22)16-8)14(23)9-4-2-3-5-21-12(9)17-18-19-21/h9H,2-7H2,1H3,(H,15,16,22). The van der Waals surface area contributed by atoms with Gasteiger partial charge in [0.1, 0.15) is 5.82 Å². The molecule has 120 valence electrons. The quantitative estimate of drug-likeness (QED) is 0.785. The molecule has 2 aromatic rings. The van der Waals surface area contributed by atoms with E-state index in [4.69, 9.17) is 0 Å². The molecule has 9 nitrogen and oxygen atoms in total. The van der Waals surface area contributed by atoms with Gasteiger partial charge in [-0.3, -0.25) is 9.59 Å². The number of aromatic nitrogens is 6. The Morgan fingerprint density at radius 2 is 2.17 bits per heavy atom. The third-order valence-electron chi connectivity index (χ3n) is 4.50. The average Bonchev–Trinajstić information content (AvgIpc) is 3.09. The Morgan fingerprint density at radius 3 is 3.04 bits per heavy atom. The van der Waals surface area contributed by atoms with Crippen LogP contribution in [-0.4, -0.2) is 41.0 Å². The number of fused-ring (bicyclic) bond motifs is 2. The van der Waals surface area contributed by atoms with E-state index >= 15 is 0 Å². The summed E-state index contributed by atoms with van der Waals surface area (Å²) in [5.74, 6) is 0.822. The minimum absolute atomic E-state index is 0.0296. The van der Waals surface area contributed by atoms with Crippen LogP contribution >= 0.6 is 0 Å². The number of aryl methyl sites for hydroxylation is 2. The van der Waals surface area contributed by atoms with Crippen molar-refractivity contribution < 1.29 is 4.79 Å². The smallest absolute Gasteiger partial charge is 0.256 e. The molecule has 0 aromatic carbocycles. The molecule has 2 aliphatic heterocycles. The molecule has 2 aromatic heterocycles. The lowest BCUT2D eigenvalue weighted by Gasteiger charge is -2.20. The molecule has 1 N–H and O–H groups in total. The summed E-state index contributed by atoms with van der Waals surface area (Å²) in [5.41, 5.74) is 1.11. The molecule has 23 heavy (non-hydrogen) atoms. The number of nitrogens with one attached hydrogen (secondary N) is 1. The molecular formula is C14H17N7O2. The second-order valence-electron chi connectivity index (χ2n) is 6.08. The molecule has 4 rings (SSSR count). The number of hydrogen-bond donors (Lipinski definition) is 1. The van der Waals surface area contributed by atoms with Crippen LogP contribution < -0.4 is 5.56 Å². The normalized spacial score (nSPS) is 20.0. The topological polar surface area (TPSA) is 110 Å². The lowest BCUT2D eigenvalue weighted by Crippen LogP contribution is -2.32. The third kappa shape index (κ3) is 2.32. The number of H-pyrrole nitrogens is 1. The largest absolute Gasteiger partial charge is 0.332 e. The van der Waals surface area contributed by atoms with Crippen molar-refractivity contribution in [3.8, 4) is 0 Å². The van der Waals surface area contributed by atoms with Gasteiger partial charge in [0, 0.05) is 6.54 Å². The first-order valence-electron chi connectivity index (χ1n) is 7.77. The zero-order valence-corrected chi connectivity index (χ0v) is 12.8. The van der Waals surface area contributed by atoms with Crippen molar-refractivity contribution in [2.75, 3.05) is 0 Å². The Bertz CT molecular complexity index is 825. The number of tetrazole rings is 1. The first-order chi connectivity index (χ1) is 11.1. The van der Waals surface area contributed by atoms with Crippen molar-refractivity contribution in [3.05, 3.63) is 33.3 Å². The highest BCUT2D eigenvalue weighted by Crippen LogP contribution is 2.29. The van der Waals surface area contributed by atoms with Gasteiger partial charge in [-0.15, -0.1) is 5.10 Å². The van der Waals surface area contributed by atoms with Crippen LogP contribution in [0.15, 0.2) is 4.79 Å². The van der Waals surface area contributed by atoms with Crippen LogP contribution in [-0.2, 0) is 24.4 Å². The first kappa shape index (κ1) is 14.0. The summed E-state index contributed by atoms with van der Waals surface area (Å²) in [6, 6.07) is 0. The number of aromatic amines is 1. The van der Waals surface area contributed by atoms with E-state index in [1.165, 1.54) is 0 Å². The fourth-order valence-electron chi connectivity index (χ4n) is 3.36. The highest BCUT2D eigenvalue weighted by atomic mass is 16.2. The Labute approximate surface area is 131 Å². The van der Waals surface area contributed by atoms with Crippen molar-refractivity contribution in [2.45, 2.75) is 51.7 Å². The minimum Gasteiger partial charge on any atom is -0.332 e. The maximum atomic E-state index is 13.0. The monoisotopic (exact) mass is 315 g/mol. The van der Waals surface area contributed by atoms with E-state index in [1.54, 1.807) is 16.5 Å². The molecular weight excluding hydrogens is 298 g/mol. The van der Waals surface area contributed by atoms with Crippen molar-refractivity contribution in [1.29, 1.82) is 0 Å². The van der Waals surface area contributed by atoms with Gasteiger partial charge in [0.15, 0.2) is 5.82 Å². The summed E-state index contributed by atoms with van der Waals surface area (Å²) < 4.78 is 1.72. The lowest BCUT2D eigenvalue weighted by molar-refractivity contribution is -0.133. The van der Waals surface area contributed by atoms with Gasteiger partial charge in [-0.25, -0.2) is 9.67 Å². The number of carbonyl (C=O) groups is 1. The maximum Gasteiger partial charge on any atom is 0.256 e. The van der Waals surface area contributed by atoms with Gasteiger partial charge in [0.05, 0.1) is 30.3 Å². The van der Waals surface area contributed by atoms with Crippen LogP contribution in [0.25, 0.3) is 0 Å². The summed E-state index contributed by atoms with van der Waals surface area (Å²) in [4.78, 5) is 33.7. The van der Waals surface area contributed by atoms with Gasteiger partial charge in [0.2, 0.25) is 5.91 Å². The van der Waals surface area contributed by atoms with Crippen LogP contribution in [0.1, 0.15) is 48.1 Å². The molecule has 1 amide bonds. The van der Waals surface area contributed by atoms with Crippen LogP contribution in [0.4, 0.5) is 0 Å². The van der Waals surface area contributed by atoms with E-state index in [1.807, 2.05) is 0 Å². The molecule has 2 aliphatic rings. The van der Waals surface area contributed by atoms with E-state index < -0.39 is 0 Å². The van der Waals surface area contributed by atoms with Crippen LogP contribution in [0.2, 0.25) is 0 Å². The Balaban J connectivity index is 1.62. The highest BCUT2D eigenvalue weighted by molar-refractivity contribution is 5.83. The molecule has 1 atom stereocenters. The fraction of sp³-hybridized carbons (Fsp3) is 0.571. The minimum atomic E-state index is -0.345. The van der Waals surface area contributed by atoms with E-state index in [2.05, 4.69) is 25.5 Å². The highest BCUT2D eigenvalue weighted by Gasteiger charge is 2.35. The molecule has 1 unspecified atom stereocenters. The van der Waals surface area contributed by atoms with Crippen molar-refractivity contribution in [3.63, 3.8) is 0 Å². The number of carbonyl (C=O) groups excluding carboxylic acids is 1. The molecule has 0 spiro atoms. The van der Waals surface area contributed by atoms with Gasteiger partial charge in [-0.1, -0.05) is 6.42 Å². The molecule has 0 fully saturated rings. The van der Waals surface area contributed by atoms with Crippen molar-refractivity contribution in [1.82, 2.24) is 35.1 Å². The molecule has 9 heteroatoms. The predicted octanol–water partition coefficient (Wildman–Crippen LogP) is -0.125. The van der Waals surface area contributed by atoms with Crippen molar-refractivity contribution >= 4 is 5.91 Å². The number of rotatable bonds is 1. The van der Waals surface area contributed by atoms with E-state index in [0.29, 0.717) is 36.0 Å². The average molecular weight is 315 g/mol. The van der Waals surface area contributed by atoms with E-state index in [-0.39, 0.29) is 17.4 Å². The molecule has 0 saturated heterocycles. The number of hydrogen-bond acceptors (Lipinski definition) is 6. The van der Waals surface area contributed by atoms with Crippen LogP contribution in [0.3, 0.4) is 0 Å². The Kier molecular flexibility index (Phi) is 3.21. The number of amides is 1. The van der Waals surface area contributed by atoms with Gasteiger partial charge in [-0.2, -0.15) is 0 Å². The summed E-state index contributed by atoms with van der Waals surface area (Å²) in [6.07, 6.45) is 2.64. The second-order valence-corrected chi connectivity index (χ2v) is 6.08.